The van der Waals surface area contributed by atoms with Gasteiger partial charge in [0.2, 0.25) is 0 Å². The summed E-state index contributed by atoms with van der Waals surface area (Å²) in [5.74, 6) is 1.10. The molecule has 0 radical (unpaired) electrons. The van der Waals surface area contributed by atoms with Crippen molar-refractivity contribution in [2.45, 2.75) is 18.8 Å². The van der Waals surface area contributed by atoms with E-state index < -0.39 is 4.92 Å². The van der Waals surface area contributed by atoms with E-state index in [-0.39, 0.29) is 5.69 Å². The number of rotatable bonds is 3. The molecule has 0 spiro atoms. The first-order valence-electron chi connectivity index (χ1n) is 6.03. The zero-order valence-corrected chi connectivity index (χ0v) is 10.1. The molecule has 1 heterocycles. The Kier molecular flexibility index (Phi) is 2.63. The predicted molar refractivity (Wildman–Crippen MR) is 70.5 cm³/mol. The highest BCUT2D eigenvalue weighted by atomic mass is 16.6. The minimum Gasteiger partial charge on any atom is -0.384 e. The van der Waals surface area contributed by atoms with Gasteiger partial charge >= 0.3 is 0 Å². The van der Waals surface area contributed by atoms with E-state index in [4.69, 9.17) is 5.73 Å². The van der Waals surface area contributed by atoms with Gasteiger partial charge in [-0.1, -0.05) is 12.1 Å². The second-order valence-corrected chi connectivity index (χ2v) is 4.59. The summed E-state index contributed by atoms with van der Waals surface area (Å²) in [6, 6.07) is 8.18. The van der Waals surface area contributed by atoms with Gasteiger partial charge in [-0.25, -0.2) is 9.97 Å². The number of nitrogens with two attached hydrogens (primary N) is 1. The zero-order valence-electron chi connectivity index (χ0n) is 10.1. The minimum atomic E-state index is -0.432. The molecule has 0 bridgehead atoms. The topological polar surface area (TPSA) is 94.9 Å². The molecular weight excluding hydrogens is 244 g/mol. The van der Waals surface area contributed by atoms with Crippen molar-refractivity contribution < 1.29 is 4.92 Å². The third-order valence-electron chi connectivity index (χ3n) is 3.10. The molecule has 1 aliphatic rings. The van der Waals surface area contributed by atoms with Crippen LogP contribution < -0.4 is 5.73 Å². The van der Waals surface area contributed by atoms with Crippen molar-refractivity contribution in [3.05, 3.63) is 46.1 Å². The first-order chi connectivity index (χ1) is 9.15. The average molecular weight is 256 g/mol. The van der Waals surface area contributed by atoms with E-state index in [0.29, 0.717) is 23.1 Å². The third kappa shape index (κ3) is 2.24. The van der Waals surface area contributed by atoms with E-state index in [1.54, 1.807) is 24.3 Å². The molecule has 1 fully saturated rings. The van der Waals surface area contributed by atoms with Gasteiger partial charge in [0.15, 0.2) is 5.82 Å². The number of nitrogens with zero attached hydrogens (tertiary/aromatic N) is 3. The Morgan fingerprint density at radius 2 is 2.00 bits per heavy atom. The van der Waals surface area contributed by atoms with Gasteiger partial charge in [-0.2, -0.15) is 0 Å². The third-order valence-corrected chi connectivity index (χ3v) is 3.10. The number of hydrogen-bond acceptors (Lipinski definition) is 5. The SMILES string of the molecule is Nc1cc(C2CC2)nc(-c2ccccc2[N+](=O)[O-])n1. The Morgan fingerprint density at radius 1 is 1.26 bits per heavy atom. The number of benzene rings is 1. The number of nitro benzene ring substituents is 1. The fourth-order valence-corrected chi connectivity index (χ4v) is 2.02. The van der Waals surface area contributed by atoms with Gasteiger partial charge in [0.1, 0.15) is 5.82 Å². The number of hydrogen-bond donors (Lipinski definition) is 1. The van der Waals surface area contributed by atoms with Crippen LogP contribution in [-0.4, -0.2) is 14.9 Å². The van der Waals surface area contributed by atoms with Crippen LogP contribution in [0.4, 0.5) is 11.5 Å². The highest BCUT2D eigenvalue weighted by Gasteiger charge is 2.27. The van der Waals surface area contributed by atoms with Gasteiger partial charge in [-0.05, 0) is 18.9 Å². The lowest BCUT2D eigenvalue weighted by molar-refractivity contribution is -0.384. The Labute approximate surface area is 109 Å². The molecule has 2 N–H and O–H groups in total. The van der Waals surface area contributed by atoms with E-state index in [1.165, 1.54) is 6.07 Å². The molecule has 96 valence electrons. The van der Waals surface area contributed by atoms with E-state index in [0.717, 1.165) is 18.5 Å². The van der Waals surface area contributed by atoms with Crippen LogP contribution in [0.15, 0.2) is 30.3 Å². The van der Waals surface area contributed by atoms with Crippen molar-refractivity contribution in [2.75, 3.05) is 5.73 Å². The summed E-state index contributed by atoms with van der Waals surface area (Å²) in [6.45, 7) is 0. The Hall–Kier alpha value is -2.50. The summed E-state index contributed by atoms with van der Waals surface area (Å²) in [4.78, 5) is 19.1. The van der Waals surface area contributed by atoms with Gasteiger partial charge in [-0.3, -0.25) is 10.1 Å². The van der Waals surface area contributed by atoms with Crippen molar-refractivity contribution in [1.82, 2.24) is 9.97 Å². The van der Waals surface area contributed by atoms with Crippen LogP contribution in [0.25, 0.3) is 11.4 Å². The monoisotopic (exact) mass is 256 g/mol. The number of nitro groups is 1. The van der Waals surface area contributed by atoms with E-state index >= 15 is 0 Å². The second-order valence-electron chi connectivity index (χ2n) is 4.59. The summed E-state index contributed by atoms with van der Waals surface area (Å²) in [5.41, 5.74) is 7.04. The van der Waals surface area contributed by atoms with Crippen LogP contribution in [0.2, 0.25) is 0 Å². The minimum absolute atomic E-state index is 0.00477. The van der Waals surface area contributed by atoms with Crippen molar-refractivity contribution in [3.8, 4) is 11.4 Å². The normalized spacial score (nSPS) is 14.3. The Bertz CT molecular complexity index is 653. The second kappa shape index (κ2) is 4.31. The molecule has 0 saturated heterocycles. The molecular formula is C13H12N4O2. The molecule has 0 atom stereocenters. The van der Waals surface area contributed by atoms with Crippen molar-refractivity contribution in [3.63, 3.8) is 0 Å². The number of aromatic nitrogens is 2. The van der Waals surface area contributed by atoms with Crippen LogP contribution in [0, 0.1) is 10.1 Å². The molecule has 6 nitrogen and oxygen atoms in total. The van der Waals surface area contributed by atoms with Gasteiger partial charge in [0, 0.05) is 23.7 Å². The average Bonchev–Trinajstić information content (AvgIpc) is 3.22. The standard InChI is InChI=1S/C13H12N4O2/c14-12-7-10(8-5-6-8)15-13(16-12)9-3-1-2-4-11(9)17(18)19/h1-4,7-8H,5-6H2,(H2,14,15,16). The van der Waals surface area contributed by atoms with Crippen LogP contribution in [0.1, 0.15) is 24.5 Å². The van der Waals surface area contributed by atoms with Gasteiger partial charge < -0.3 is 5.73 Å². The highest BCUT2D eigenvalue weighted by molar-refractivity contribution is 5.68. The van der Waals surface area contributed by atoms with Crippen LogP contribution >= 0.6 is 0 Å². The molecule has 1 aliphatic carbocycles. The summed E-state index contributed by atoms with van der Waals surface area (Å²) >= 11 is 0. The molecule has 1 aromatic heterocycles. The van der Waals surface area contributed by atoms with Crippen LogP contribution in [0.3, 0.4) is 0 Å². The van der Waals surface area contributed by atoms with E-state index in [9.17, 15) is 10.1 Å². The molecule has 1 aromatic carbocycles. The molecule has 19 heavy (non-hydrogen) atoms. The number of para-hydroxylation sites is 1. The first-order valence-corrected chi connectivity index (χ1v) is 6.03. The lowest BCUT2D eigenvalue weighted by Crippen LogP contribution is -2.01. The Morgan fingerprint density at radius 3 is 2.68 bits per heavy atom. The first kappa shape index (κ1) is 11.6. The fraction of sp³-hybridized carbons (Fsp3) is 0.231. The molecule has 0 unspecified atom stereocenters. The number of anilines is 1. The summed E-state index contributed by atoms with van der Waals surface area (Å²) in [6.07, 6.45) is 2.18. The van der Waals surface area contributed by atoms with E-state index in [2.05, 4.69) is 9.97 Å². The predicted octanol–water partition coefficient (Wildman–Crippen LogP) is 2.51. The molecule has 1 saturated carbocycles. The number of nitrogen functional groups attached to an aromatic ring is 1. The maximum Gasteiger partial charge on any atom is 0.280 e. The maximum atomic E-state index is 11.0. The van der Waals surface area contributed by atoms with Crippen molar-refractivity contribution >= 4 is 11.5 Å². The lowest BCUT2D eigenvalue weighted by atomic mass is 10.1. The Balaban J connectivity index is 2.13. The zero-order chi connectivity index (χ0) is 13.4. The van der Waals surface area contributed by atoms with Crippen molar-refractivity contribution in [2.24, 2.45) is 0 Å². The smallest absolute Gasteiger partial charge is 0.280 e. The molecule has 0 amide bonds. The summed E-state index contributed by atoms with van der Waals surface area (Å²) in [5, 5.41) is 11.0. The molecule has 0 aliphatic heterocycles. The van der Waals surface area contributed by atoms with Crippen LogP contribution in [-0.2, 0) is 0 Å². The van der Waals surface area contributed by atoms with Crippen molar-refractivity contribution in [1.29, 1.82) is 0 Å². The highest BCUT2D eigenvalue weighted by Crippen LogP contribution is 2.40. The fourth-order valence-electron chi connectivity index (χ4n) is 2.02. The summed E-state index contributed by atoms with van der Waals surface area (Å²) in [7, 11) is 0. The summed E-state index contributed by atoms with van der Waals surface area (Å²) < 4.78 is 0. The van der Waals surface area contributed by atoms with Gasteiger partial charge in [-0.15, -0.1) is 0 Å². The van der Waals surface area contributed by atoms with Gasteiger partial charge in [0.05, 0.1) is 10.5 Å². The molecule has 2 aromatic rings. The largest absolute Gasteiger partial charge is 0.384 e. The quantitative estimate of drug-likeness (QED) is 0.672. The van der Waals surface area contributed by atoms with E-state index in [1.807, 2.05) is 0 Å². The van der Waals surface area contributed by atoms with Crippen LogP contribution in [0.5, 0.6) is 0 Å². The molecule has 6 heteroatoms. The molecule has 3 rings (SSSR count). The maximum absolute atomic E-state index is 11.0. The lowest BCUT2D eigenvalue weighted by Gasteiger charge is -2.05. The van der Waals surface area contributed by atoms with Gasteiger partial charge in [0.25, 0.3) is 5.69 Å².